The molecule has 0 spiro atoms. The van der Waals surface area contributed by atoms with E-state index in [4.69, 9.17) is 5.73 Å². The normalized spacial score (nSPS) is 19.7. The molecule has 2 atom stereocenters. The number of nitrogens with zero attached hydrogens (tertiary/aromatic N) is 3. The number of hydrogen-bond acceptors (Lipinski definition) is 5. The number of fused-ring (bicyclic) bond motifs is 1. The van der Waals surface area contributed by atoms with Gasteiger partial charge in [-0.1, -0.05) is 36.8 Å². The zero-order valence-corrected chi connectivity index (χ0v) is 25.5. The number of aromatic amines is 1. The van der Waals surface area contributed by atoms with Gasteiger partial charge in [0.15, 0.2) is 11.3 Å². The van der Waals surface area contributed by atoms with E-state index in [0.717, 1.165) is 48.0 Å². The number of hydrogen-bond donors (Lipinski definition) is 2. The van der Waals surface area contributed by atoms with Crippen molar-refractivity contribution in [3.63, 3.8) is 0 Å². The number of aromatic nitrogens is 1. The number of nitrogens with one attached hydrogen (secondary N) is 1. The van der Waals surface area contributed by atoms with Crippen LogP contribution in [-0.4, -0.2) is 76.2 Å². The van der Waals surface area contributed by atoms with Crippen LogP contribution >= 0.6 is 0 Å². The van der Waals surface area contributed by atoms with Crippen molar-refractivity contribution in [1.29, 1.82) is 0 Å². The van der Waals surface area contributed by atoms with Gasteiger partial charge in [0.1, 0.15) is 0 Å². The molecule has 7 heteroatoms. The number of rotatable bonds is 8. The van der Waals surface area contributed by atoms with Crippen LogP contribution in [0.5, 0.6) is 0 Å². The number of piperidine rings is 2. The Hall–Kier alpha value is -3.00. The molecule has 0 bridgehead atoms. The number of benzene rings is 2. The summed E-state index contributed by atoms with van der Waals surface area (Å²) < 4.78 is 0. The number of Topliss-reactive ketones (excluding diaryl/α,β-unsaturated/α-hetero) is 1. The van der Waals surface area contributed by atoms with Crippen LogP contribution in [0, 0.1) is 20.8 Å². The first-order chi connectivity index (χ1) is 19.6. The number of carbonyl (C=O) groups is 2. The summed E-state index contributed by atoms with van der Waals surface area (Å²) in [5.41, 5.74) is 12.1. The Morgan fingerprint density at radius 1 is 1.02 bits per heavy atom. The maximum absolute atomic E-state index is 14.8. The lowest BCUT2D eigenvalue weighted by Gasteiger charge is -2.50. The van der Waals surface area contributed by atoms with E-state index in [0.29, 0.717) is 25.7 Å². The molecule has 2 aliphatic rings. The molecule has 2 aromatic carbocycles. The number of ketones is 1. The monoisotopic (exact) mass is 557 g/mol. The van der Waals surface area contributed by atoms with Crippen molar-refractivity contribution in [3.05, 3.63) is 70.4 Å². The van der Waals surface area contributed by atoms with Crippen LogP contribution in [0.15, 0.2) is 42.6 Å². The molecule has 1 amide bonds. The number of nitrogens with two attached hydrogens (primary N) is 1. The van der Waals surface area contributed by atoms with E-state index in [2.05, 4.69) is 47.7 Å². The predicted octanol–water partition coefficient (Wildman–Crippen LogP) is 5.03. The number of likely N-dealkylation sites (tertiary alicyclic amines) is 2. The van der Waals surface area contributed by atoms with Gasteiger partial charge in [-0.25, -0.2) is 0 Å². The van der Waals surface area contributed by atoms with Gasteiger partial charge < -0.3 is 20.5 Å². The van der Waals surface area contributed by atoms with Gasteiger partial charge in [0.2, 0.25) is 0 Å². The molecular formula is C34H47N5O2. The molecule has 0 radical (unpaired) electrons. The average molecular weight is 558 g/mol. The number of amides is 1. The zero-order chi connectivity index (χ0) is 29.3. The van der Waals surface area contributed by atoms with Crippen molar-refractivity contribution in [2.75, 3.05) is 33.2 Å². The average Bonchev–Trinajstić information content (AvgIpc) is 3.41. The summed E-state index contributed by atoms with van der Waals surface area (Å²) in [6, 6.07) is 11.9. The molecule has 7 nitrogen and oxygen atoms in total. The second kappa shape index (κ2) is 12.1. The van der Waals surface area contributed by atoms with Gasteiger partial charge in [0.05, 0.1) is 6.04 Å². The third-order valence-electron chi connectivity index (χ3n) is 9.89. The van der Waals surface area contributed by atoms with E-state index < -0.39 is 11.6 Å². The predicted molar refractivity (Wildman–Crippen MR) is 166 cm³/mol. The van der Waals surface area contributed by atoms with Crippen LogP contribution in [0.1, 0.15) is 72.9 Å². The van der Waals surface area contributed by atoms with E-state index in [1.54, 1.807) is 11.8 Å². The van der Waals surface area contributed by atoms with Gasteiger partial charge >= 0.3 is 0 Å². The molecule has 2 unspecified atom stereocenters. The highest BCUT2D eigenvalue weighted by Crippen LogP contribution is 2.38. The number of H-pyrrole nitrogens is 1. The fourth-order valence-electron chi connectivity index (χ4n) is 7.35. The van der Waals surface area contributed by atoms with Crippen molar-refractivity contribution >= 4 is 22.6 Å². The molecular weight excluding hydrogens is 510 g/mol. The topological polar surface area (TPSA) is 85.7 Å². The zero-order valence-electron chi connectivity index (χ0n) is 25.5. The van der Waals surface area contributed by atoms with Crippen molar-refractivity contribution in [2.24, 2.45) is 5.73 Å². The summed E-state index contributed by atoms with van der Waals surface area (Å²) in [4.78, 5) is 38.5. The third-order valence-corrected chi connectivity index (χ3v) is 9.89. The van der Waals surface area contributed by atoms with Crippen molar-refractivity contribution in [3.8, 4) is 0 Å². The first-order valence-electron chi connectivity index (χ1n) is 15.3. The highest BCUT2D eigenvalue weighted by molar-refractivity contribution is 6.11. The molecule has 3 aromatic rings. The summed E-state index contributed by atoms with van der Waals surface area (Å²) in [6.45, 7) is 11.9. The van der Waals surface area contributed by atoms with Crippen LogP contribution < -0.4 is 5.73 Å². The second-order valence-electron chi connectivity index (χ2n) is 12.4. The number of para-hydroxylation sites is 1. The highest BCUT2D eigenvalue weighted by atomic mass is 16.2. The Morgan fingerprint density at radius 2 is 1.66 bits per heavy atom. The van der Waals surface area contributed by atoms with Gasteiger partial charge in [-0.3, -0.25) is 14.5 Å². The number of carbonyl (C=O) groups excluding carboxylic acids is 2. The second-order valence-corrected chi connectivity index (χ2v) is 12.4. The Morgan fingerprint density at radius 3 is 2.29 bits per heavy atom. The maximum Gasteiger partial charge on any atom is 0.252 e. The number of likely N-dealkylation sites (N-methyl/N-ethyl adjacent to an activating group) is 1. The third kappa shape index (κ3) is 5.47. The lowest BCUT2D eigenvalue weighted by molar-refractivity contribution is -0.155. The Labute approximate surface area is 245 Å². The summed E-state index contributed by atoms with van der Waals surface area (Å²) >= 11 is 0. The molecule has 3 heterocycles. The van der Waals surface area contributed by atoms with E-state index in [1.807, 2.05) is 37.5 Å². The van der Waals surface area contributed by atoms with Gasteiger partial charge in [-0.15, -0.1) is 0 Å². The summed E-state index contributed by atoms with van der Waals surface area (Å²) in [6.07, 6.45) is 7.57. The van der Waals surface area contributed by atoms with Gasteiger partial charge in [-0.2, -0.15) is 0 Å². The van der Waals surface area contributed by atoms with Crippen molar-refractivity contribution in [1.82, 2.24) is 19.7 Å². The minimum Gasteiger partial charge on any atom is -0.361 e. The fourth-order valence-corrected chi connectivity index (χ4v) is 7.35. The van der Waals surface area contributed by atoms with Crippen LogP contribution in [0.4, 0.5) is 0 Å². The summed E-state index contributed by atoms with van der Waals surface area (Å²) in [7, 11) is 1.81. The first kappa shape index (κ1) is 29.5. The molecule has 5 rings (SSSR count). The smallest absolute Gasteiger partial charge is 0.252 e. The lowest BCUT2D eigenvalue weighted by atomic mass is 9.78. The van der Waals surface area contributed by atoms with Gasteiger partial charge in [0, 0.05) is 49.8 Å². The minimum atomic E-state index is -1.50. The summed E-state index contributed by atoms with van der Waals surface area (Å²) in [5, 5.41) is 0.953. The van der Waals surface area contributed by atoms with E-state index in [9.17, 15) is 9.59 Å². The first-order valence-corrected chi connectivity index (χ1v) is 15.3. The molecule has 41 heavy (non-hydrogen) atoms. The van der Waals surface area contributed by atoms with Crippen LogP contribution in [0.25, 0.3) is 10.9 Å². The van der Waals surface area contributed by atoms with Crippen LogP contribution in [0.2, 0.25) is 0 Å². The Balaban J connectivity index is 1.51. The van der Waals surface area contributed by atoms with Crippen LogP contribution in [-0.2, 0) is 16.1 Å². The van der Waals surface area contributed by atoms with Crippen LogP contribution in [0.3, 0.4) is 0 Å². The van der Waals surface area contributed by atoms with Gasteiger partial charge in [0.25, 0.3) is 5.91 Å². The van der Waals surface area contributed by atoms with Crippen molar-refractivity contribution in [2.45, 2.75) is 84.0 Å². The SMILES string of the molecule is CC(=O)C(C(=O)N(C)Cc1cc(C)c(C)c(C)c1)(C(N)c1c[nH]c2ccccc12)N1CCC(N2CCCCC2)CC1. The van der Waals surface area contributed by atoms with Crippen molar-refractivity contribution < 1.29 is 9.59 Å². The molecule has 3 N–H and O–H groups in total. The molecule has 2 fully saturated rings. The number of aryl methyl sites for hydroxylation is 2. The summed E-state index contributed by atoms with van der Waals surface area (Å²) in [5.74, 6) is -0.421. The highest BCUT2D eigenvalue weighted by Gasteiger charge is 2.56. The molecule has 220 valence electrons. The maximum atomic E-state index is 14.8. The molecule has 0 aliphatic carbocycles. The Bertz CT molecular complexity index is 1380. The minimum absolute atomic E-state index is 0.195. The largest absolute Gasteiger partial charge is 0.361 e. The fraction of sp³-hybridized carbons (Fsp3) is 0.529. The standard InChI is InChI=1S/C34H47N5O2/c1-23-19-27(20-24(2)25(23)3)22-37(5)33(41)34(26(4)40,32(35)30-21-36-31-12-8-7-11-29(30)31)39-17-13-28(14-18-39)38-15-9-6-10-16-38/h7-8,11-12,19-21,28,32,36H,6,9-10,13-18,22,35H2,1-5H3. The van der Waals surface area contributed by atoms with E-state index in [1.165, 1.54) is 36.0 Å². The molecule has 0 saturated carbocycles. The molecule has 1 aromatic heterocycles. The van der Waals surface area contributed by atoms with Gasteiger partial charge in [-0.05, 0) is 100 Å². The quantitative estimate of drug-likeness (QED) is 0.380. The Kier molecular flexibility index (Phi) is 8.69. The van der Waals surface area contributed by atoms with E-state index >= 15 is 0 Å². The lowest BCUT2D eigenvalue weighted by Crippen LogP contribution is -2.69. The van der Waals surface area contributed by atoms with E-state index in [-0.39, 0.29) is 11.7 Å². The molecule has 2 saturated heterocycles. The molecule has 2 aliphatic heterocycles.